The normalized spacial score (nSPS) is 13.0. The van der Waals surface area contributed by atoms with Gasteiger partial charge in [-0.25, -0.2) is 17.5 Å². The van der Waals surface area contributed by atoms with Crippen LogP contribution in [0.15, 0.2) is 53.2 Å². The zero-order valence-corrected chi connectivity index (χ0v) is 15.5. The first-order chi connectivity index (χ1) is 11.9. The summed E-state index contributed by atoms with van der Waals surface area (Å²) in [5.74, 6) is -0.604. The van der Waals surface area contributed by atoms with Crippen LogP contribution < -0.4 is 4.72 Å². The predicted octanol–water partition coefficient (Wildman–Crippen LogP) is 3.65. The SMILES string of the molecule is O=S(=O)(Cc1ccc(F)cc1)NCc1ccc(C(O)c2ccsc2)s1. The third kappa shape index (κ3) is 4.96. The smallest absolute Gasteiger partial charge is 0.216 e. The van der Waals surface area contributed by atoms with Crippen molar-refractivity contribution < 1.29 is 17.9 Å². The minimum Gasteiger partial charge on any atom is -0.383 e. The fourth-order valence-corrected chi connectivity index (χ4v) is 5.11. The van der Waals surface area contributed by atoms with Gasteiger partial charge in [-0.2, -0.15) is 11.3 Å². The summed E-state index contributed by atoms with van der Waals surface area (Å²) in [6.45, 7) is 0.157. The average molecular weight is 398 g/mol. The van der Waals surface area contributed by atoms with Crippen LogP contribution in [-0.4, -0.2) is 13.5 Å². The van der Waals surface area contributed by atoms with E-state index < -0.39 is 21.9 Å². The molecule has 0 spiro atoms. The van der Waals surface area contributed by atoms with Gasteiger partial charge in [0.05, 0.1) is 5.75 Å². The molecule has 0 aliphatic heterocycles. The molecule has 1 aromatic carbocycles. The van der Waals surface area contributed by atoms with Gasteiger partial charge in [-0.3, -0.25) is 0 Å². The van der Waals surface area contributed by atoms with E-state index in [1.165, 1.54) is 46.9 Å². The Morgan fingerprint density at radius 1 is 1.12 bits per heavy atom. The molecule has 0 aliphatic rings. The minimum atomic E-state index is -3.53. The zero-order chi connectivity index (χ0) is 17.9. The van der Waals surface area contributed by atoms with E-state index in [0.717, 1.165) is 15.3 Å². The average Bonchev–Trinajstić information content (AvgIpc) is 3.26. The van der Waals surface area contributed by atoms with Crippen LogP contribution in [-0.2, 0) is 22.3 Å². The summed E-state index contributed by atoms with van der Waals surface area (Å²) < 4.78 is 39.7. The standard InChI is InChI=1S/C17H16FNO3S3/c18-14-3-1-12(2-4-14)11-25(21,22)19-9-15-5-6-16(24-15)17(20)13-7-8-23-10-13/h1-8,10,17,19-20H,9,11H2. The first-order valence-corrected chi connectivity index (χ1v) is 10.8. The predicted molar refractivity (Wildman–Crippen MR) is 98.6 cm³/mol. The number of thiophene rings is 2. The van der Waals surface area contributed by atoms with E-state index in [2.05, 4.69) is 4.72 Å². The van der Waals surface area contributed by atoms with Gasteiger partial charge < -0.3 is 5.11 Å². The van der Waals surface area contributed by atoms with Crippen molar-refractivity contribution in [3.63, 3.8) is 0 Å². The quantitative estimate of drug-likeness (QED) is 0.640. The number of benzene rings is 1. The topological polar surface area (TPSA) is 66.4 Å². The first-order valence-electron chi connectivity index (χ1n) is 7.43. The Morgan fingerprint density at radius 3 is 2.56 bits per heavy atom. The number of hydrogen-bond acceptors (Lipinski definition) is 5. The van der Waals surface area contributed by atoms with Crippen molar-refractivity contribution >= 4 is 32.7 Å². The number of nitrogens with one attached hydrogen (secondary N) is 1. The molecule has 1 atom stereocenters. The van der Waals surface area contributed by atoms with E-state index >= 15 is 0 Å². The maximum absolute atomic E-state index is 12.9. The van der Waals surface area contributed by atoms with Gasteiger partial charge in [0.25, 0.3) is 0 Å². The molecule has 132 valence electrons. The van der Waals surface area contributed by atoms with Crippen molar-refractivity contribution in [3.8, 4) is 0 Å². The van der Waals surface area contributed by atoms with Gasteiger partial charge in [-0.05, 0) is 52.2 Å². The maximum atomic E-state index is 12.9. The highest BCUT2D eigenvalue weighted by Gasteiger charge is 2.15. The maximum Gasteiger partial charge on any atom is 0.216 e. The molecule has 2 heterocycles. The summed E-state index contributed by atoms with van der Waals surface area (Å²) in [6, 6.07) is 10.8. The molecule has 0 fully saturated rings. The lowest BCUT2D eigenvalue weighted by atomic mass is 10.2. The van der Waals surface area contributed by atoms with E-state index in [-0.39, 0.29) is 12.3 Å². The highest BCUT2D eigenvalue weighted by Crippen LogP contribution is 2.29. The fraction of sp³-hybridized carbons (Fsp3) is 0.176. The molecule has 0 amide bonds. The fourth-order valence-electron chi connectivity index (χ4n) is 2.26. The van der Waals surface area contributed by atoms with Crippen LogP contribution >= 0.6 is 22.7 Å². The summed E-state index contributed by atoms with van der Waals surface area (Å²) in [5.41, 5.74) is 1.35. The van der Waals surface area contributed by atoms with Gasteiger partial charge in [0.15, 0.2) is 0 Å². The molecule has 4 nitrogen and oxygen atoms in total. The minimum absolute atomic E-state index is 0.157. The summed E-state index contributed by atoms with van der Waals surface area (Å²) in [5, 5.41) is 14.1. The number of aliphatic hydroxyl groups excluding tert-OH is 1. The molecular formula is C17H16FNO3S3. The third-order valence-electron chi connectivity index (χ3n) is 3.55. The number of halogens is 1. The monoisotopic (exact) mass is 397 g/mol. The Morgan fingerprint density at radius 2 is 1.88 bits per heavy atom. The van der Waals surface area contributed by atoms with Gasteiger partial charge in [0.2, 0.25) is 10.0 Å². The van der Waals surface area contributed by atoms with Crippen molar-refractivity contribution in [3.05, 3.63) is 79.9 Å². The Balaban J connectivity index is 1.60. The molecule has 2 aromatic heterocycles. The second kappa shape index (κ2) is 7.76. The summed E-state index contributed by atoms with van der Waals surface area (Å²) in [6.07, 6.45) is -0.694. The highest BCUT2D eigenvalue weighted by molar-refractivity contribution is 7.88. The van der Waals surface area contributed by atoms with Crippen LogP contribution in [0.3, 0.4) is 0 Å². The number of rotatable bonds is 7. The Kier molecular flexibility index (Phi) is 5.65. The van der Waals surface area contributed by atoms with E-state index in [1.54, 1.807) is 12.1 Å². The van der Waals surface area contributed by atoms with Crippen LogP contribution in [0.5, 0.6) is 0 Å². The van der Waals surface area contributed by atoms with E-state index in [4.69, 9.17) is 0 Å². The summed E-state index contributed by atoms with van der Waals surface area (Å²) in [4.78, 5) is 1.58. The molecule has 0 saturated carbocycles. The summed E-state index contributed by atoms with van der Waals surface area (Å²) in [7, 11) is -3.53. The van der Waals surface area contributed by atoms with Gasteiger partial charge in [0.1, 0.15) is 11.9 Å². The van der Waals surface area contributed by atoms with Crippen LogP contribution in [0.25, 0.3) is 0 Å². The van der Waals surface area contributed by atoms with Crippen LogP contribution in [0.1, 0.15) is 27.0 Å². The lowest BCUT2D eigenvalue weighted by Gasteiger charge is -2.07. The lowest BCUT2D eigenvalue weighted by molar-refractivity contribution is 0.224. The van der Waals surface area contributed by atoms with Crippen LogP contribution in [0, 0.1) is 5.82 Å². The molecule has 0 aliphatic carbocycles. The Hall–Kier alpha value is -1.58. The van der Waals surface area contributed by atoms with Crippen molar-refractivity contribution in [1.82, 2.24) is 4.72 Å². The van der Waals surface area contributed by atoms with Gasteiger partial charge >= 0.3 is 0 Å². The van der Waals surface area contributed by atoms with Crippen molar-refractivity contribution in [2.45, 2.75) is 18.4 Å². The third-order valence-corrected chi connectivity index (χ3v) is 6.68. The number of aliphatic hydroxyl groups is 1. The lowest BCUT2D eigenvalue weighted by Crippen LogP contribution is -2.24. The second-order valence-corrected chi connectivity index (χ2v) is 9.26. The van der Waals surface area contributed by atoms with E-state index in [9.17, 15) is 17.9 Å². The zero-order valence-electron chi connectivity index (χ0n) is 13.1. The second-order valence-electron chi connectivity index (χ2n) is 5.47. The molecule has 8 heteroatoms. The van der Waals surface area contributed by atoms with Crippen molar-refractivity contribution in [2.24, 2.45) is 0 Å². The Bertz CT molecular complexity index is 918. The van der Waals surface area contributed by atoms with Gasteiger partial charge in [0, 0.05) is 16.3 Å². The first kappa shape index (κ1) is 18.2. The molecule has 0 saturated heterocycles. The van der Waals surface area contributed by atoms with Crippen LogP contribution in [0.2, 0.25) is 0 Å². The highest BCUT2D eigenvalue weighted by atomic mass is 32.2. The molecule has 3 rings (SSSR count). The molecule has 25 heavy (non-hydrogen) atoms. The van der Waals surface area contributed by atoms with Gasteiger partial charge in [-0.1, -0.05) is 12.1 Å². The molecule has 1 unspecified atom stereocenters. The number of hydrogen-bond donors (Lipinski definition) is 2. The van der Waals surface area contributed by atoms with E-state index in [1.807, 2.05) is 16.8 Å². The van der Waals surface area contributed by atoms with E-state index in [0.29, 0.717) is 5.56 Å². The van der Waals surface area contributed by atoms with Gasteiger partial charge in [-0.15, -0.1) is 11.3 Å². The molecule has 2 N–H and O–H groups in total. The largest absolute Gasteiger partial charge is 0.383 e. The van der Waals surface area contributed by atoms with Crippen molar-refractivity contribution in [1.29, 1.82) is 0 Å². The summed E-state index contributed by atoms with van der Waals surface area (Å²) >= 11 is 2.88. The van der Waals surface area contributed by atoms with Crippen LogP contribution in [0.4, 0.5) is 4.39 Å². The molecule has 0 radical (unpaired) electrons. The Labute approximate surface area is 153 Å². The molecule has 0 bridgehead atoms. The number of sulfonamides is 1. The van der Waals surface area contributed by atoms with Crippen molar-refractivity contribution in [2.75, 3.05) is 0 Å². The molecule has 3 aromatic rings. The molecular weight excluding hydrogens is 381 g/mol.